The van der Waals surface area contributed by atoms with Crippen LogP contribution in [0.25, 0.3) is 0 Å². The van der Waals surface area contributed by atoms with Crippen molar-refractivity contribution in [1.82, 2.24) is 0 Å². The van der Waals surface area contributed by atoms with E-state index in [1.807, 2.05) is 13.8 Å². The molecule has 66 valence electrons. The normalized spacial score (nSPS) is 43.5. The highest BCUT2D eigenvalue weighted by atomic mass is 16.1. The first kappa shape index (κ1) is 7.96. The zero-order chi connectivity index (χ0) is 8.98. The van der Waals surface area contributed by atoms with Crippen molar-refractivity contribution < 1.29 is 9.59 Å². The van der Waals surface area contributed by atoms with E-state index in [-0.39, 0.29) is 11.2 Å². The Morgan fingerprint density at radius 2 is 2.17 bits per heavy atom. The molecule has 0 amide bonds. The summed E-state index contributed by atoms with van der Waals surface area (Å²) in [5.74, 6) is 0.636. The summed E-state index contributed by atoms with van der Waals surface area (Å²) >= 11 is 0. The van der Waals surface area contributed by atoms with Crippen LogP contribution in [0, 0.1) is 16.7 Å². The van der Waals surface area contributed by atoms with Crippen LogP contribution in [-0.2, 0) is 9.59 Å². The van der Waals surface area contributed by atoms with Crippen LogP contribution in [0.4, 0.5) is 0 Å². The molecule has 0 unspecified atom stereocenters. The van der Waals surface area contributed by atoms with Crippen LogP contribution in [-0.4, -0.2) is 12.1 Å². The average molecular weight is 166 g/mol. The maximum Gasteiger partial charge on any atom is 0.151 e. The molecule has 0 heterocycles. The van der Waals surface area contributed by atoms with Gasteiger partial charge in [-0.3, -0.25) is 4.79 Å². The van der Waals surface area contributed by atoms with Crippen molar-refractivity contribution in [1.29, 1.82) is 0 Å². The topological polar surface area (TPSA) is 34.1 Å². The van der Waals surface area contributed by atoms with Crippen LogP contribution in [0.1, 0.15) is 33.1 Å². The Hall–Kier alpha value is -0.660. The minimum absolute atomic E-state index is 0.182. The van der Waals surface area contributed by atoms with Crippen molar-refractivity contribution in [3.05, 3.63) is 0 Å². The molecular formula is C10H14O2. The molecule has 0 aromatic rings. The SMILES string of the molecule is CC1(C)C(=O)[C@]2(C=O)CC[C@H]1C2. The molecule has 0 aromatic carbocycles. The molecule has 0 spiro atoms. The Balaban J connectivity index is 2.44. The molecular weight excluding hydrogens is 152 g/mol. The van der Waals surface area contributed by atoms with Gasteiger partial charge in [-0.05, 0) is 25.2 Å². The van der Waals surface area contributed by atoms with Crippen molar-refractivity contribution in [2.75, 3.05) is 0 Å². The third-order valence-corrected chi connectivity index (χ3v) is 3.83. The van der Waals surface area contributed by atoms with Crippen LogP contribution < -0.4 is 0 Å². The maximum atomic E-state index is 11.8. The minimum Gasteiger partial charge on any atom is -0.302 e. The second kappa shape index (κ2) is 1.98. The lowest BCUT2D eigenvalue weighted by atomic mass is 9.71. The lowest BCUT2D eigenvalue weighted by Crippen LogP contribution is -2.37. The van der Waals surface area contributed by atoms with E-state index >= 15 is 0 Å². The number of Topliss-reactive ketones (excluding diaryl/α,β-unsaturated/α-hetero) is 1. The number of carbonyl (C=O) groups is 2. The molecule has 0 saturated heterocycles. The van der Waals surface area contributed by atoms with Gasteiger partial charge in [0.15, 0.2) is 5.78 Å². The van der Waals surface area contributed by atoms with Gasteiger partial charge in [0.1, 0.15) is 6.29 Å². The zero-order valence-electron chi connectivity index (χ0n) is 7.59. The quantitative estimate of drug-likeness (QED) is 0.438. The highest BCUT2D eigenvalue weighted by Crippen LogP contribution is 2.58. The number of hydrogen-bond acceptors (Lipinski definition) is 2. The van der Waals surface area contributed by atoms with E-state index in [1.54, 1.807) is 0 Å². The second-order valence-corrected chi connectivity index (χ2v) is 4.76. The Kier molecular flexibility index (Phi) is 1.31. The number of ketones is 1. The fraction of sp³-hybridized carbons (Fsp3) is 0.800. The number of fused-ring (bicyclic) bond motifs is 2. The summed E-state index contributed by atoms with van der Waals surface area (Å²) in [6.07, 6.45) is 3.55. The Labute approximate surface area is 72.3 Å². The molecule has 2 saturated carbocycles. The minimum atomic E-state index is -0.575. The van der Waals surface area contributed by atoms with Gasteiger partial charge in [0.2, 0.25) is 0 Å². The Morgan fingerprint density at radius 3 is 2.50 bits per heavy atom. The zero-order valence-corrected chi connectivity index (χ0v) is 7.59. The van der Waals surface area contributed by atoms with Gasteiger partial charge in [-0.25, -0.2) is 0 Å². The molecule has 0 aromatic heterocycles. The molecule has 2 nitrogen and oxygen atoms in total. The molecule has 2 heteroatoms. The lowest BCUT2D eigenvalue weighted by molar-refractivity contribution is -0.139. The second-order valence-electron chi connectivity index (χ2n) is 4.76. The third-order valence-electron chi connectivity index (χ3n) is 3.83. The molecule has 2 atom stereocenters. The number of rotatable bonds is 1. The number of hydrogen-bond donors (Lipinski definition) is 0. The molecule has 0 N–H and O–H groups in total. The molecule has 2 aliphatic rings. The van der Waals surface area contributed by atoms with E-state index in [9.17, 15) is 9.59 Å². The summed E-state index contributed by atoms with van der Waals surface area (Å²) < 4.78 is 0. The highest BCUT2D eigenvalue weighted by Gasteiger charge is 2.61. The van der Waals surface area contributed by atoms with E-state index < -0.39 is 5.41 Å². The first-order valence-corrected chi connectivity index (χ1v) is 4.54. The van der Waals surface area contributed by atoms with Crippen LogP contribution in [0.5, 0.6) is 0 Å². The number of carbonyl (C=O) groups excluding carboxylic acids is 2. The van der Waals surface area contributed by atoms with Gasteiger partial charge < -0.3 is 4.79 Å². The summed E-state index contributed by atoms with van der Waals surface area (Å²) in [4.78, 5) is 22.7. The average Bonchev–Trinajstić information content (AvgIpc) is 2.53. The van der Waals surface area contributed by atoms with Crippen LogP contribution in [0.3, 0.4) is 0 Å². The van der Waals surface area contributed by atoms with Crippen molar-refractivity contribution in [2.45, 2.75) is 33.1 Å². The predicted molar refractivity (Wildman–Crippen MR) is 44.6 cm³/mol. The molecule has 2 fully saturated rings. The summed E-state index contributed by atoms with van der Waals surface area (Å²) in [5, 5.41) is 0. The summed E-state index contributed by atoms with van der Waals surface area (Å²) in [5.41, 5.74) is -0.812. The molecule has 0 radical (unpaired) electrons. The summed E-state index contributed by atoms with van der Waals surface area (Å²) in [6, 6.07) is 0. The van der Waals surface area contributed by atoms with Gasteiger partial charge in [-0.1, -0.05) is 13.8 Å². The largest absolute Gasteiger partial charge is 0.302 e. The monoisotopic (exact) mass is 166 g/mol. The molecule has 0 aliphatic heterocycles. The first-order chi connectivity index (χ1) is 5.53. The molecule has 2 bridgehead atoms. The van der Waals surface area contributed by atoms with Gasteiger partial charge in [0.25, 0.3) is 0 Å². The number of aldehydes is 1. The lowest BCUT2D eigenvalue weighted by Gasteiger charge is -2.30. The van der Waals surface area contributed by atoms with Crippen LogP contribution >= 0.6 is 0 Å². The first-order valence-electron chi connectivity index (χ1n) is 4.54. The van der Waals surface area contributed by atoms with E-state index in [0.29, 0.717) is 5.92 Å². The van der Waals surface area contributed by atoms with E-state index in [4.69, 9.17) is 0 Å². The van der Waals surface area contributed by atoms with E-state index in [2.05, 4.69) is 0 Å². The fourth-order valence-corrected chi connectivity index (χ4v) is 2.89. The van der Waals surface area contributed by atoms with Crippen molar-refractivity contribution in [2.24, 2.45) is 16.7 Å². The molecule has 2 rings (SSSR count). The molecule has 12 heavy (non-hydrogen) atoms. The van der Waals surface area contributed by atoms with E-state index in [1.165, 1.54) is 0 Å². The highest BCUT2D eigenvalue weighted by molar-refractivity contribution is 6.04. The van der Waals surface area contributed by atoms with Gasteiger partial charge in [-0.15, -0.1) is 0 Å². The van der Waals surface area contributed by atoms with Crippen molar-refractivity contribution >= 4 is 12.1 Å². The smallest absolute Gasteiger partial charge is 0.151 e. The van der Waals surface area contributed by atoms with E-state index in [0.717, 1.165) is 25.5 Å². The van der Waals surface area contributed by atoms with Crippen LogP contribution in [0.2, 0.25) is 0 Å². The maximum absolute atomic E-state index is 11.8. The van der Waals surface area contributed by atoms with Crippen molar-refractivity contribution in [3.8, 4) is 0 Å². The summed E-state index contributed by atoms with van der Waals surface area (Å²) in [7, 11) is 0. The van der Waals surface area contributed by atoms with Crippen LogP contribution in [0.15, 0.2) is 0 Å². The van der Waals surface area contributed by atoms with Gasteiger partial charge in [-0.2, -0.15) is 0 Å². The van der Waals surface area contributed by atoms with Gasteiger partial charge in [0.05, 0.1) is 5.41 Å². The van der Waals surface area contributed by atoms with Crippen molar-refractivity contribution in [3.63, 3.8) is 0 Å². The predicted octanol–water partition coefficient (Wildman–Crippen LogP) is 1.58. The summed E-state index contributed by atoms with van der Waals surface area (Å²) in [6.45, 7) is 3.95. The molecule has 2 aliphatic carbocycles. The van der Waals surface area contributed by atoms with Gasteiger partial charge >= 0.3 is 0 Å². The third kappa shape index (κ3) is 0.661. The fourth-order valence-electron chi connectivity index (χ4n) is 2.89. The van der Waals surface area contributed by atoms with Gasteiger partial charge in [0, 0.05) is 5.41 Å². The Morgan fingerprint density at radius 1 is 1.50 bits per heavy atom. The standard InChI is InChI=1S/C10H14O2/c1-9(2)7-3-4-10(5-7,6-11)8(9)12/h6-7H,3-5H2,1-2H3/t7-,10+/m0/s1. The Bertz CT molecular complexity index is 255.